The van der Waals surface area contributed by atoms with Crippen molar-refractivity contribution >= 4 is 0 Å². The molecule has 2 atom stereocenters. The molecule has 1 saturated heterocycles. The SMILES string of the molecule is Cc1cc(F)c(C(N)CCC2CCCCO2)cc1F. The van der Waals surface area contributed by atoms with E-state index in [9.17, 15) is 8.78 Å². The third-order valence-electron chi connectivity index (χ3n) is 3.75. The molecular weight excluding hydrogens is 248 g/mol. The first kappa shape index (κ1) is 14.4. The van der Waals surface area contributed by atoms with E-state index in [1.807, 2.05) is 0 Å². The van der Waals surface area contributed by atoms with Gasteiger partial charge in [-0.05, 0) is 56.7 Å². The van der Waals surface area contributed by atoms with Crippen molar-refractivity contribution in [1.82, 2.24) is 0 Å². The Hall–Kier alpha value is -1.00. The number of hydrogen-bond acceptors (Lipinski definition) is 2. The van der Waals surface area contributed by atoms with Crippen LogP contribution in [0.1, 0.15) is 49.3 Å². The largest absolute Gasteiger partial charge is 0.378 e. The topological polar surface area (TPSA) is 35.2 Å². The van der Waals surface area contributed by atoms with Gasteiger partial charge in [0.2, 0.25) is 0 Å². The van der Waals surface area contributed by atoms with Gasteiger partial charge in [-0.2, -0.15) is 0 Å². The fourth-order valence-electron chi connectivity index (χ4n) is 2.50. The summed E-state index contributed by atoms with van der Waals surface area (Å²) in [4.78, 5) is 0. The van der Waals surface area contributed by atoms with Crippen LogP contribution in [0.2, 0.25) is 0 Å². The Morgan fingerprint density at radius 3 is 2.79 bits per heavy atom. The number of benzene rings is 1. The Labute approximate surface area is 112 Å². The van der Waals surface area contributed by atoms with E-state index < -0.39 is 17.7 Å². The quantitative estimate of drug-likeness (QED) is 0.906. The molecule has 2 nitrogen and oxygen atoms in total. The van der Waals surface area contributed by atoms with Gasteiger partial charge in [-0.25, -0.2) is 8.78 Å². The molecule has 19 heavy (non-hydrogen) atoms. The highest BCUT2D eigenvalue weighted by molar-refractivity contribution is 5.27. The molecule has 0 aromatic heterocycles. The van der Waals surface area contributed by atoms with Gasteiger partial charge in [-0.15, -0.1) is 0 Å². The van der Waals surface area contributed by atoms with Crippen molar-refractivity contribution in [3.63, 3.8) is 0 Å². The van der Waals surface area contributed by atoms with E-state index in [1.165, 1.54) is 18.6 Å². The first-order chi connectivity index (χ1) is 9.08. The van der Waals surface area contributed by atoms with Crippen molar-refractivity contribution in [3.8, 4) is 0 Å². The van der Waals surface area contributed by atoms with Crippen molar-refractivity contribution in [2.24, 2.45) is 5.73 Å². The molecule has 0 saturated carbocycles. The summed E-state index contributed by atoms with van der Waals surface area (Å²) in [7, 11) is 0. The number of halogens is 2. The molecule has 1 heterocycles. The summed E-state index contributed by atoms with van der Waals surface area (Å²) < 4.78 is 32.8. The van der Waals surface area contributed by atoms with Crippen LogP contribution in [0.3, 0.4) is 0 Å². The number of hydrogen-bond donors (Lipinski definition) is 1. The predicted molar refractivity (Wildman–Crippen MR) is 70.8 cm³/mol. The molecular formula is C15H21F2NO. The van der Waals surface area contributed by atoms with Gasteiger partial charge in [0.05, 0.1) is 6.10 Å². The number of aryl methyl sites for hydroxylation is 1. The summed E-state index contributed by atoms with van der Waals surface area (Å²) in [6.45, 7) is 2.34. The van der Waals surface area contributed by atoms with E-state index in [2.05, 4.69) is 0 Å². The van der Waals surface area contributed by atoms with Gasteiger partial charge < -0.3 is 10.5 Å². The number of nitrogens with two attached hydrogens (primary N) is 1. The van der Waals surface area contributed by atoms with Gasteiger partial charge in [0.25, 0.3) is 0 Å². The van der Waals surface area contributed by atoms with Crippen molar-refractivity contribution in [2.75, 3.05) is 6.61 Å². The van der Waals surface area contributed by atoms with E-state index in [4.69, 9.17) is 10.5 Å². The van der Waals surface area contributed by atoms with Crippen LogP contribution in [0.25, 0.3) is 0 Å². The van der Waals surface area contributed by atoms with Crippen LogP contribution in [-0.4, -0.2) is 12.7 Å². The first-order valence-electron chi connectivity index (χ1n) is 6.90. The van der Waals surface area contributed by atoms with Gasteiger partial charge >= 0.3 is 0 Å². The highest BCUT2D eigenvalue weighted by Crippen LogP contribution is 2.25. The average molecular weight is 269 g/mol. The maximum absolute atomic E-state index is 13.8. The molecule has 2 rings (SSSR count). The van der Waals surface area contributed by atoms with Crippen molar-refractivity contribution in [2.45, 2.75) is 51.2 Å². The lowest BCUT2D eigenvalue weighted by molar-refractivity contribution is 0.00907. The Balaban J connectivity index is 1.95. The lowest BCUT2D eigenvalue weighted by Crippen LogP contribution is -2.22. The lowest BCUT2D eigenvalue weighted by Gasteiger charge is -2.24. The summed E-state index contributed by atoms with van der Waals surface area (Å²) in [6.07, 6.45) is 4.96. The lowest BCUT2D eigenvalue weighted by atomic mass is 9.97. The molecule has 1 aromatic rings. The minimum Gasteiger partial charge on any atom is -0.378 e. The molecule has 106 valence electrons. The Kier molecular flexibility index (Phi) is 4.88. The minimum absolute atomic E-state index is 0.221. The van der Waals surface area contributed by atoms with Crippen LogP contribution in [0.4, 0.5) is 8.78 Å². The highest BCUT2D eigenvalue weighted by atomic mass is 19.1. The zero-order valence-corrected chi connectivity index (χ0v) is 11.3. The maximum Gasteiger partial charge on any atom is 0.128 e. The monoisotopic (exact) mass is 269 g/mol. The minimum atomic E-state index is -0.472. The fraction of sp³-hybridized carbons (Fsp3) is 0.600. The first-order valence-corrected chi connectivity index (χ1v) is 6.90. The molecule has 1 aromatic carbocycles. The molecule has 0 bridgehead atoms. The fourth-order valence-corrected chi connectivity index (χ4v) is 2.50. The summed E-state index contributed by atoms with van der Waals surface area (Å²) >= 11 is 0. The molecule has 1 fully saturated rings. The van der Waals surface area contributed by atoms with Gasteiger partial charge in [0.15, 0.2) is 0 Å². The second-order valence-electron chi connectivity index (χ2n) is 5.30. The van der Waals surface area contributed by atoms with Crippen LogP contribution in [0, 0.1) is 18.6 Å². The van der Waals surface area contributed by atoms with E-state index >= 15 is 0 Å². The summed E-state index contributed by atoms with van der Waals surface area (Å²) in [5.74, 6) is -0.822. The molecule has 0 radical (unpaired) electrons. The highest BCUT2D eigenvalue weighted by Gasteiger charge is 2.18. The third kappa shape index (κ3) is 3.74. The van der Waals surface area contributed by atoms with E-state index in [-0.39, 0.29) is 11.7 Å². The van der Waals surface area contributed by atoms with Crippen LogP contribution < -0.4 is 5.73 Å². The molecule has 1 aliphatic rings. The van der Waals surface area contributed by atoms with E-state index in [0.717, 1.165) is 25.9 Å². The van der Waals surface area contributed by atoms with Gasteiger partial charge in [-0.1, -0.05) is 0 Å². The van der Waals surface area contributed by atoms with Crippen LogP contribution >= 0.6 is 0 Å². The zero-order chi connectivity index (χ0) is 13.8. The number of rotatable bonds is 4. The van der Waals surface area contributed by atoms with E-state index in [1.54, 1.807) is 6.92 Å². The Morgan fingerprint density at radius 2 is 2.11 bits per heavy atom. The van der Waals surface area contributed by atoms with Gasteiger partial charge in [0.1, 0.15) is 11.6 Å². The molecule has 0 aliphatic carbocycles. The van der Waals surface area contributed by atoms with Crippen LogP contribution in [0.15, 0.2) is 12.1 Å². The molecule has 0 spiro atoms. The van der Waals surface area contributed by atoms with Crippen LogP contribution in [0.5, 0.6) is 0 Å². The van der Waals surface area contributed by atoms with Crippen molar-refractivity contribution in [1.29, 1.82) is 0 Å². The second-order valence-corrected chi connectivity index (χ2v) is 5.30. The molecule has 2 unspecified atom stereocenters. The molecule has 2 N–H and O–H groups in total. The smallest absolute Gasteiger partial charge is 0.128 e. The average Bonchev–Trinajstić information content (AvgIpc) is 2.41. The number of ether oxygens (including phenoxy) is 1. The van der Waals surface area contributed by atoms with Crippen molar-refractivity contribution in [3.05, 3.63) is 34.9 Å². The second kappa shape index (κ2) is 6.44. The zero-order valence-electron chi connectivity index (χ0n) is 11.3. The standard InChI is InChI=1S/C15H21F2NO/c1-10-8-14(17)12(9-13(10)16)15(18)6-5-11-4-2-3-7-19-11/h8-9,11,15H,2-7,18H2,1H3. The Morgan fingerprint density at radius 1 is 1.32 bits per heavy atom. The normalized spacial score (nSPS) is 21.4. The maximum atomic E-state index is 13.8. The van der Waals surface area contributed by atoms with Crippen molar-refractivity contribution < 1.29 is 13.5 Å². The summed E-state index contributed by atoms with van der Waals surface area (Å²) in [6, 6.07) is 1.96. The Bertz CT molecular complexity index is 430. The van der Waals surface area contributed by atoms with Crippen LogP contribution in [-0.2, 0) is 4.74 Å². The van der Waals surface area contributed by atoms with Gasteiger partial charge in [0, 0.05) is 18.2 Å². The summed E-state index contributed by atoms with van der Waals surface area (Å²) in [5.41, 5.74) is 6.54. The molecule has 4 heteroatoms. The third-order valence-corrected chi connectivity index (χ3v) is 3.75. The van der Waals surface area contributed by atoms with Gasteiger partial charge in [-0.3, -0.25) is 0 Å². The van der Waals surface area contributed by atoms with E-state index in [0.29, 0.717) is 12.0 Å². The predicted octanol–water partition coefficient (Wildman–Crippen LogP) is 3.62. The molecule has 0 amide bonds. The summed E-state index contributed by atoms with van der Waals surface area (Å²) in [5, 5.41) is 0. The molecule has 1 aliphatic heterocycles.